The summed E-state index contributed by atoms with van der Waals surface area (Å²) in [6.45, 7) is 0.473. The number of aromatic nitrogens is 2. The number of hydrogen-bond donors (Lipinski definition) is 1. The number of ether oxygens (including phenoxy) is 3. The van der Waals surface area contributed by atoms with Crippen LogP contribution in [0.25, 0.3) is 22.5 Å². The molecule has 0 radical (unpaired) electrons. The summed E-state index contributed by atoms with van der Waals surface area (Å²) in [5.74, 6) is 1.35. The molecular weight excluding hydrogens is 488 g/mol. The molecule has 0 aliphatic rings. The fourth-order valence-corrected chi connectivity index (χ4v) is 4.31. The number of imidazole rings is 1. The van der Waals surface area contributed by atoms with E-state index in [0.717, 1.165) is 11.0 Å². The zero-order valence-corrected chi connectivity index (χ0v) is 21.5. The van der Waals surface area contributed by atoms with Gasteiger partial charge in [-0.2, -0.15) is 9.83 Å². The van der Waals surface area contributed by atoms with Gasteiger partial charge in [-0.3, -0.25) is 0 Å². The molecule has 3 aromatic carbocycles. The highest BCUT2D eigenvalue weighted by atomic mass is 32.1. The van der Waals surface area contributed by atoms with E-state index in [2.05, 4.69) is 11.4 Å². The maximum atomic E-state index is 14.0. The summed E-state index contributed by atoms with van der Waals surface area (Å²) in [6, 6.07) is 22.1. The van der Waals surface area contributed by atoms with Gasteiger partial charge < -0.3 is 24.6 Å². The van der Waals surface area contributed by atoms with E-state index in [1.54, 1.807) is 36.2 Å². The SMILES string of the molecule is COc1ccc(NC(=S)/C(=C(\[O-])c2ccc(OC)c(OC)c2)n2c[n+](CCC#N)c3ccccc32)cc1. The number of nitrogens with zero attached hydrogens (tertiary/aromatic N) is 3. The van der Waals surface area contributed by atoms with E-state index in [-0.39, 0.29) is 16.4 Å². The van der Waals surface area contributed by atoms with Crippen molar-refractivity contribution in [1.82, 2.24) is 4.57 Å². The number of nitriles is 1. The molecule has 8 nitrogen and oxygen atoms in total. The van der Waals surface area contributed by atoms with E-state index in [1.165, 1.54) is 14.2 Å². The minimum Gasteiger partial charge on any atom is -0.869 e. The quantitative estimate of drug-likeness (QED) is 0.156. The lowest BCUT2D eigenvalue weighted by Crippen LogP contribution is -2.32. The average Bonchev–Trinajstić information content (AvgIpc) is 3.30. The number of rotatable bonds is 9. The fraction of sp³-hybridized carbons (Fsp3) is 0.179. The van der Waals surface area contributed by atoms with Gasteiger partial charge in [0, 0.05) is 5.69 Å². The maximum Gasteiger partial charge on any atom is 0.250 e. The smallest absolute Gasteiger partial charge is 0.250 e. The molecule has 0 saturated carbocycles. The lowest BCUT2D eigenvalue weighted by molar-refractivity contribution is -0.670. The summed E-state index contributed by atoms with van der Waals surface area (Å²) in [5, 5.41) is 26.4. The van der Waals surface area contributed by atoms with Crippen molar-refractivity contribution in [2.24, 2.45) is 0 Å². The summed E-state index contributed by atoms with van der Waals surface area (Å²) in [4.78, 5) is 0.234. The van der Waals surface area contributed by atoms with Crippen molar-refractivity contribution in [3.8, 4) is 23.3 Å². The van der Waals surface area contributed by atoms with E-state index in [0.29, 0.717) is 41.5 Å². The molecule has 0 fully saturated rings. The first kappa shape index (κ1) is 25.5. The highest BCUT2D eigenvalue weighted by molar-refractivity contribution is 7.81. The lowest BCUT2D eigenvalue weighted by atomic mass is 10.1. The normalized spacial score (nSPS) is 11.4. The second-order valence-electron chi connectivity index (χ2n) is 8.01. The molecule has 1 aromatic heterocycles. The first-order valence-corrected chi connectivity index (χ1v) is 11.9. The minimum absolute atomic E-state index is 0.234. The molecule has 1 N–H and O–H groups in total. The number of nitrogens with one attached hydrogen (secondary N) is 1. The van der Waals surface area contributed by atoms with Crippen LogP contribution in [0.4, 0.5) is 5.69 Å². The van der Waals surface area contributed by atoms with Crippen molar-refractivity contribution < 1.29 is 23.9 Å². The van der Waals surface area contributed by atoms with Crippen LogP contribution in [0.2, 0.25) is 0 Å². The number of aryl methyl sites for hydroxylation is 1. The van der Waals surface area contributed by atoms with Crippen LogP contribution in [-0.4, -0.2) is 30.9 Å². The highest BCUT2D eigenvalue weighted by Gasteiger charge is 2.23. The maximum absolute atomic E-state index is 14.0. The van der Waals surface area contributed by atoms with Gasteiger partial charge in [0.15, 0.2) is 33.2 Å². The number of anilines is 1. The van der Waals surface area contributed by atoms with Crippen LogP contribution in [0.15, 0.2) is 73.1 Å². The van der Waals surface area contributed by atoms with Gasteiger partial charge in [0.05, 0.1) is 33.8 Å². The predicted octanol–water partition coefficient (Wildman–Crippen LogP) is 3.99. The molecule has 0 atom stereocenters. The molecule has 0 bridgehead atoms. The van der Waals surface area contributed by atoms with E-state index >= 15 is 0 Å². The number of methoxy groups -OCH3 is 3. The Kier molecular flexibility index (Phi) is 7.91. The van der Waals surface area contributed by atoms with Crippen molar-refractivity contribution >= 4 is 45.4 Å². The largest absolute Gasteiger partial charge is 0.869 e. The zero-order chi connectivity index (χ0) is 26.4. The molecule has 0 saturated heterocycles. The topological polar surface area (TPSA) is 95.4 Å². The molecule has 188 valence electrons. The van der Waals surface area contributed by atoms with E-state index in [4.69, 9.17) is 31.7 Å². The van der Waals surface area contributed by atoms with Crippen LogP contribution < -0.4 is 29.2 Å². The summed E-state index contributed by atoms with van der Waals surface area (Å²) in [6.07, 6.45) is 2.13. The second-order valence-corrected chi connectivity index (χ2v) is 8.41. The van der Waals surface area contributed by atoms with E-state index in [9.17, 15) is 5.11 Å². The molecule has 1 heterocycles. The Bertz CT molecular complexity index is 1500. The molecule has 9 heteroatoms. The van der Waals surface area contributed by atoms with Crippen LogP contribution in [-0.2, 0) is 6.54 Å². The highest BCUT2D eigenvalue weighted by Crippen LogP contribution is 2.32. The van der Waals surface area contributed by atoms with Crippen LogP contribution in [0.1, 0.15) is 12.0 Å². The zero-order valence-electron chi connectivity index (χ0n) is 20.7. The van der Waals surface area contributed by atoms with Gasteiger partial charge >= 0.3 is 0 Å². The molecule has 37 heavy (non-hydrogen) atoms. The standard InChI is InChI=1S/C28H26N4O4S/c1-34-21-12-10-20(11-13-21)30-28(37)26(27(33)19-9-14-24(35-2)25(17-19)36-3)32-18-31(16-6-15-29)22-7-4-5-8-23(22)32/h4-5,7-14,17-18H,6,16H2,1-3H3,(H-,30,33,37). The summed E-state index contributed by atoms with van der Waals surface area (Å²) < 4.78 is 19.7. The molecule has 0 aliphatic carbocycles. The molecule has 4 rings (SSSR count). The average molecular weight is 515 g/mol. The van der Waals surface area contributed by atoms with Gasteiger partial charge in [-0.1, -0.05) is 30.4 Å². The summed E-state index contributed by atoms with van der Waals surface area (Å²) in [7, 11) is 4.65. The number of fused-ring (bicyclic) bond motifs is 1. The second kappa shape index (κ2) is 11.5. The Morgan fingerprint density at radius 2 is 1.73 bits per heavy atom. The first-order chi connectivity index (χ1) is 18.0. The Labute approximate surface area is 220 Å². The molecule has 0 unspecified atom stereocenters. The molecule has 0 spiro atoms. The third-order valence-electron chi connectivity index (χ3n) is 5.83. The van der Waals surface area contributed by atoms with Crippen LogP contribution in [0.5, 0.6) is 17.2 Å². The molecule has 0 amide bonds. The van der Waals surface area contributed by atoms with Gasteiger partial charge in [-0.05, 0) is 59.9 Å². The van der Waals surface area contributed by atoms with E-state index in [1.807, 2.05) is 53.1 Å². The Morgan fingerprint density at radius 1 is 1.00 bits per heavy atom. The van der Waals surface area contributed by atoms with Crippen LogP contribution >= 0.6 is 12.2 Å². The molecule has 4 aromatic rings. The fourth-order valence-electron chi connectivity index (χ4n) is 4.00. The molecular formula is C28H26N4O4S. The van der Waals surface area contributed by atoms with Gasteiger partial charge in [-0.15, -0.1) is 0 Å². The van der Waals surface area contributed by atoms with Crippen molar-refractivity contribution in [2.45, 2.75) is 13.0 Å². The third-order valence-corrected chi connectivity index (χ3v) is 6.13. The van der Waals surface area contributed by atoms with Gasteiger partial charge in [0.2, 0.25) is 6.33 Å². The number of thiocarbonyl (C=S) groups is 1. The van der Waals surface area contributed by atoms with Crippen molar-refractivity contribution in [2.75, 3.05) is 26.6 Å². The van der Waals surface area contributed by atoms with E-state index < -0.39 is 0 Å². The van der Waals surface area contributed by atoms with Gasteiger partial charge in [-0.25, -0.2) is 4.57 Å². The number of hydrogen-bond acceptors (Lipinski definition) is 6. The predicted molar refractivity (Wildman–Crippen MR) is 144 cm³/mol. The summed E-state index contributed by atoms with van der Waals surface area (Å²) in [5.41, 5.74) is 3.00. The monoisotopic (exact) mass is 514 g/mol. The van der Waals surface area contributed by atoms with Gasteiger partial charge in [0.1, 0.15) is 12.3 Å². The Balaban J connectivity index is 1.89. The van der Waals surface area contributed by atoms with Crippen molar-refractivity contribution in [3.05, 3.63) is 78.6 Å². The lowest BCUT2D eigenvalue weighted by Gasteiger charge is -2.20. The van der Waals surface area contributed by atoms with Crippen molar-refractivity contribution in [1.29, 1.82) is 5.26 Å². The third kappa shape index (κ3) is 5.34. The minimum atomic E-state index is -0.305. The Hall–Kier alpha value is -4.55. The first-order valence-electron chi connectivity index (χ1n) is 11.5. The summed E-state index contributed by atoms with van der Waals surface area (Å²) >= 11 is 5.81. The number of benzene rings is 3. The Morgan fingerprint density at radius 3 is 2.41 bits per heavy atom. The van der Waals surface area contributed by atoms with Crippen molar-refractivity contribution in [3.63, 3.8) is 0 Å². The molecule has 0 aliphatic heterocycles. The van der Waals surface area contributed by atoms with Crippen LogP contribution in [0.3, 0.4) is 0 Å². The number of para-hydroxylation sites is 2. The van der Waals surface area contributed by atoms with Crippen LogP contribution in [0, 0.1) is 11.3 Å². The van der Waals surface area contributed by atoms with Gasteiger partial charge in [0.25, 0.3) is 0 Å².